The molecule has 2 rings (SSSR count). The lowest BCUT2D eigenvalue weighted by Gasteiger charge is -2.08. The second kappa shape index (κ2) is 6.90. The third-order valence-corrected chi connectivity index (χ3v) is 3.35. The molecule has 2 aromatic rings. The molecular weight excluding hydrogens is 336 g/mol. The van der Waals surface area contributed by atoms with E-state index < -0.39 is 11.8 Å². The highest BCUT2D eigenvalue weighted by Crippen LogP contribution is 2.21. The molecule has 0 spiro atoms. The molecule has 0 saturated heterocycles. The lowest BCUT2D eigenvalue weighted by Crippen LogP contribution is -2.29. The predicted octanol–water partition coefficient (Wildman–Crippen LogP) is 3.03. The Morgan fingerprint density at radius 3 is 2.43 bits per heavy atom. The number of benzene rings is 2. The number of amides is 2. The van der Waals surface area contributed by atoms with Crippen LogP contribution in [0.15, 0.2) is 53.0 Å². The lowest BCUT2D eigenvalue weighted by atomic mass is 10.3. The zero-order valence-electron chi connectivity index (χ0n) is 11.2. The van der Waals surface area contributed by atoms with Gasteiger partial charge in [-0.1, -0.05) is 18.2 Å². The molecular formula is C15H13BrN2O3. The molecule has 0 aliphatic heterocycles. The number of ether oxygens (including phenoxy) is 1. The van der Waals surface area contributed by atoms with E-state index in [2.05, 4.69) is 26.6 Å². The number of methoxy groups -OCH3 is 1. The molecule has 5 nitrogen and oxygen atoms in total. The molecule has 21 heavy (non-hydrogen) atoms. The molecule has 0 bridgehead atoms. The number of para-hydroxylation sites is 1. The Morgan fingerprint density at radius 1 is 1.00 bits per heavy atom. The zero-order chi connectivity index (χ0) is 15.2. The monoisotopic (exact) mass is 348 g/mol. The van der Waals surface area contributed by atoms with Crippen molar-refractivity contribution >= 4 is 39.1 Å². The van der Waals surface area contributed by atoms with Crippen molar-refractivity contribution in [2.75, 3.05) is 17.7 Å². The van der Waals surface area contributed by atoms with Gasteiger partial charge in [-0.25, -0.2) is 0 Å². The Morgan fingerprint density at radius 2 is 1.71 bits per heavy atom. The number of anilines is 2. The van der Waals surface area contributed by atoms with Gasteiger partial charge in [0.1, 0.15) is 5.75 Å². The van der Waals surface area contributed by atoms with Gasteiger partial charge in [0.25, 0.3) is 0 Å². The molecule has 0 aliphatic rings. The van der Waals surface area contributed by atoms with E-state index in [1.54, 1.807) is 42.5 Å². The van der Waals surface area contributed by atoms with Crippen LogP contribution in [0.5, 0.6) is 5.75 Å². The van der Waals surface area contributed by atoms with Crippen LogP contribution in [0.4, 0.5) is 11.4 Å². The minimum Gasteiger partial charge on any atom is -0.497 e. The van der Waals surface area contributed by atoms with E-state index >= 15 is 0 Å². The fourth-order valence-corrected chi connectivity index (χ4v) is 2.01. The topological polar surface area (TPSA) is 67.4 Å². The smallest absolute Gasteiger partial charge is 0.314 e. The Balaban J connectivity index is 2.03. The van der Waals surface area contributed by atoms with Crippen LogP contribution in [-0.4, -0.2) is 18.9 Å². The second-order valence-electron chi connectivity index (χ2n) is 4.12. The maximum atomic E-state index is 11.8. The molecule has 0 unspecified atom stereocenters. The van der Waals surface area contributed by atoms with Crippen molar-refractivity contribution in [3.63, 3.8) is 0 Å². The highest BCUT2D eigenvalue weighted by molar-refractivity contribution is 9.10. The van der Waals surface area contributed by atoms with E-state index in [9.17, 15) is 9.59 Å². The minimum absolute atomic E-state index is 0.488. The molecule has 0 aromatic heterocycles. The van der Waals surface area contributed by atoms with Gasteiger partial charge in [0, 0.05) is 16.2 Å². The van der Waals surface area contributed by atoms with E-state index in [-0.39, 0.29) is 0 Å². The summed E-state index contributed by atoms with van der Waals surface area (Å²) in [6, 6.07) is 13.8. The fourth-order valence-electron chi connectivity index (χ4n) is 1.63. The maximum Gasteiger partial charge on any atom is 0.314 e. The number of nitrogens with one attached hydrogen (secondary N) is 2. The summed E-state index contributed by atoms with van der Waals surface area (Å²) in [7, 11) is 1.53. The van der Waals surface area contributed by atoms with E-state index in [1.807, 2.05) is 6.07 Å². The van der Waals surface area contributed by atoms with Crippen molar-refractivity contribution in [3.05, 3.63) is 53.0 Å². The first-order chi connectivity index (χ1) is 10.1. The van der Waals surface area contributed by atoms with Crippen LogP contribution >= 0.6 is 15.9 Å². The molecule has 0 heterocycles. The summed E-state index contributed by atoms with van der Waals surface area (Å²) in [5, 5.41) is 5.04. The summed E-state index contributed by atoms with van der Waals surface area (Å²) in [4.78, 5) is 23.7. The standard InChI is InChI=1S/C15H13BrN2O3/c1-21-11-6-4-5-10(9-11)17-14(19)15(20)18-13-8-3-2-7-12(13)16/h2-9H,1H3,(H,17,19)(H,18,20). The minimum atomic E-state index is -0.751. The van der Waals surface area contributed by atoms with Gasteiger partial charge in [-0.2, -0.15) is 0 Å². The highest BCUT2D eigenvalue weighted by atomic mass is 79.9. The van der Waals surface area contributed by atoms with Crippen molar-refractivity contribution in [1.29, 1.82) is 0 Å². The number of hydrogen-bond donors (Lipinski definition) is 2. The van der Waals surface area contributed by atoms with Crippen LogP contribution in [-0.2, 0) is 9.59 Å². The third-order valence-electron chi connectivity index (χ3n) is 2.66. The lowest BCUT2D eigenvalue weighted by molar-refractivity contribution is -0.133. The Labute approximate surface area is 130 Å². The maximum absolute atomic E-state index is 11.8. The summed E-state index contributed by atoms with van der Waals surface area (Å²) in [6.07, 6.45) is 0. The van der Waals surface area contributed by atoms with Crippen LogP contribution in [0.1, 0.15) is 0 Å². The average Bonchev–Trinajstić information content (AvgIpc) is 2.49. The Kier molecular flexibility index (Phi) is 4.94. The average molecular weight is 349 g/mol. The quantitative estimate of drug-likeness (QED) is 0.837. The normalized spacial score (nSPS) is 9.81. The molecule has 0 fully saturated rings. The van der Waals surface area contributed by atoms with E-state index in [0.29, 0.717) is 21.6 Å². The molecule has 108 valence electrons. The van der Waals surface area contributed by atoms with Gasteiger partial charge in [-0.05, 0) is 40.2 Å². The molecule has 6 heteroatoms. The number of hydrogen-bond acceptors (Lipinski definition) is 3. The van der Waals surface area contributed by atoms with Crippen LogP contribution in [0, 0.1) is 0 Å². The van der Waals surface area contributed by atoms with Crippen LogP contribution in [0.25, 0.3) is 0 Å². The Hall–Kier alpha value is -2.34. The van der Waals surface area contributed by atoms with Gasteiger partial charge in [-0.15, -0.1) is 0 Å². The summed E-state index contributed by atoms with van der Waals surface area (Å²) in [5.41, 5.74) is 1.02. The number of carbonyl (C=O) groups excluding carboxylic acids is 2. The molecule has 0 aliphatic carbocycles. The molecule has 0 radical (unpaired) electrons. The van der Waals surface area contributed by atoms with Gasteiger partial charge >= 0.3 is 11.8 Å². The van der Waals surface area contributed by atoms with E-state index in [0.717, 1.165) is 0 Å². The summed E-state index contributed by atoms with van der Waals surface area (Å²) in [5.74, 6) is -0.900. The first-order valence-corrected chi connectivity index (χ1v) is 6.90. The molecule has 2 N–H and O–H groups in total. The molecule has 2 aromatic carbocycles. The van der Waals surface area contributed by atoms with Crippen LogP contribution in [0.3, 0.4) is 0 Å². The predicted molar refractivity (Wildman–Crippen MR) is 84.4 cm³/mol. The van der Waals surface area contributed by atoms with Gasteiger partial charge in [0.15, 0.2) is 0 Å². The SMILES string of the molecule is COc1cccc(NC(=O)C(=O)Nc2ccccc2Br)c1. The third kappa shape index (κ3) is 4.06. The van der Waals surface area contributed by atoms with Crippen LogP contribution in [0.2, 0.25) is 0 Å². The van der Waals surface area contributed by atoms with E-state index in [4.69, 9.17) is 4.74 Å². The van der Waals surface area contributed by atoms with Crippen molar-refractivity contribution < 1.29 is 14.3 Å². The van der Waals surface area contributed by atoms with Crippen LogP contribution < -0.4 is 15.4 Å². The second-order valence-corrected chi connectivity index (χ2v) is 4.97. The zero-order valence-corrected chi connectivity index (χ0v) is 12.8. The molecule has 0 saturated carbocycles. The van der Waals surface area contributed by atoms with Crippen molar-refractivity contribution in [2.45, 2.75) is 0 Å². The fraction of sp³-hybridized carbons (Fsp3) is 0.0667. The van der Waals surface area contributed by atoms with Gasteiger partial charge in [0.05, 0.1) is 12.8 Å². The van der Waals surface area contributed by atoms with Crippen molar-refractivity contribution in [1.82, 2.24) is 0 Å². The largest absolute Gasteiger partial charge is 0.497 e. The summed E-state index contributed by atoms with van der Waals surface area (Å²) in [6.45, 7) is 0. The first-order valence-electron chi connectivity index (χ1n) is 6.11. The Bertz CT molecular complexity index is 673. The van der Waals surface area contributed by atoms with Gasteiger partial charge in [0.2, 0.25) is 0 Å². The van der Waals surface area contributed by atoms with E-state index in [1.165, 1.54) is 7.11 Å². The summed E-state index contributed by atoms with van der Waals surface area (Å²) >= 11 is 3.30. The number of carbonyl (C=O) groups is 2. The summed E-state index contributed by atoms with van der Waals surface area (Å²) < 4.78 is 5.75. The van der Waals surface area contributed by atoms with Crippen molar-refractivity contribution in [3.8, 4) is 5.75 Å². The first kappa shape index (κ1) is 15.1. The number of halogens is 1. The molecule has 2 amide bonds. The molecule has 0 atom stereocenters. The number of rotatable bonds is 3. The van der Waals surface area contributed by atoms with Gasteiger partial charge in [-0.3, -0.25) is 9.59 Å². The van der Waals surface area contributed by atoms with Crippen molar-refractivity contribution in [2.24, 2.45) is 0 Å². The highest BCUT2D eigenvalue weighted by Gasteiger charge is 2.15. The van der Waals surface area contributed by atoms with Gasteiger partial charge < -0.3 is 15.4 Å².